The van der Waals surface area contributed by atoms with Gasteiger partial charge in [0.1, 0.15) is 0 Å². The van der Waals surface area contributed by atoms with E-state index >= 15 is 0 Å². The molecular formula is C18H39N5. The lowest BCUT2D eigenvalue weighted by Gasteiger charge is -2.33. The average Bonchev–Trinajstić information content (AvgIpc) is 2.53. The lowest BCUT2D eigenvalue weighted by atomic mass is 10.1. The van der Waals surface area contributed by atoms with Gasteiger partial charge in [-0.25, -0.2) is 0 Å². The summed E-state index contributed by atoms with van der Waals surface area (Å²) in [5, 5.41) is 7.03. The number of aliphatic imine (C=N–C) groups is 1. The van der Waals surface area contributed by atoms with Crippen LogP contribution in [0, 0.1) is 0 Å². The highest BCUT2D eigenvalue weighted by Gasteiger charge is 2.19. The van der Waals surface area contributed by atoms with Crippen molar-refractivity contribution in [2.24, 2.45) is 4.99 Å². The van der Waals surface area contributed by atoms with Gasteiger partial charge in [0.05, 0.1) is 6.54 Å². The van der Waals surface area contributed by atoms with Crippen molar-refractivity contribution in [1.82, 2.24) is 20.4 Å². The van der Waals surface area contributed by atoms with Gasteiger partial charge in [-0.15, -0.1) is 0 Å². The molecule has 0 aromatic heterocycles. The first-order valence-corrected chi connectivity index (χ1v) is 9.61. The molecule has 136 valence electrons. The van der Waals surface area contributed by atoms with E-state index in [0.29, 0.717) is 12.1 Å². The second-order valence-corrected chi connectivity index (χ2v) is 6.74. The monoisotopic (exact) mass is 325 g/mol. The molecule has 2 N–H and O–H groups in total. The summed E-state index contributed by atoms with van der Waals surface area (Å²) in [6.45, 7) is 18.7. The van der Waals surface area contributed by atoms with Crippen LogP contribution >= 0.6 is 0 Å². The predicted molar refractivity (Wildman–Crippen MR) is 101 cm³/mol. The molecule has 1 aliphatic rings. The number of likely N-dealkylation sites (tertiary alicyclic amines) is 1. The molecule has 0 unspecified atom stereocenters. The number of piperidine rings is 1. The summed E-state index contributed by atoms with van der Waals surface area (Å²) in [7, 11) is 0. The summed E-state index contributed by atoms with van der Waals surface area (Å²) >= 11 is 0. The van der Waals surface area contributed by atoms with Gasteiger partial charge in [-0.05, 0) is 53.1 Å². The van der Waals surface area contributed by atoms with Crippen molar-refractivity contribution in [3.8, 4) is 0 Å². The molecule has 0 radical (unpaired) electrons. The summed E-state index contributed by atoms with van der Waals surface area (Å²) in [5.74, 6) is 0.987. The van der Waals surface area contributed by atoms with Crippen molar-refractivity contribution in [3.63, 3.8) is 0 Å². The SMILES string of the molecule is CCCN1CCC(NC(=NCCN(CC)C(C)C)NCC)CC1. The van der Waals surface area contributed by atoms with Crippen LogP contribution in [0.4, 0.5) is 0 Å². The highest BCUT2D eigenvalue weighted by Crippen LogP contribution is 2.10. The van der Waals surface area contributed by atoms with E-state index in [1.807, 2.05) is 0 Å². The Hall–Kier alpha value is -0.810. The van der Waals surface area contributed by atoms with E-state index in [1.54, 1.807) is 0 Å². The minimum Gasteiger partial charge on any atom is -0.357 e. The zero-order valence-electron chi connectivity index (χ0n) is 16.1. The number of nitrogens with zero attached hydrogens (tertiary/aromatic N) is 3. The topological polar surface area (TPSA) is 42.9 Å². The molecule has 5 heteroatoms. The Morgan fingerprint density at radius 1 is 1.22 bits per heavy atom. The first-order valence-electron chi connectivity index (χ1n) is 9.61. The van der Waals surface area contributed by atoms with Gasteiger partial charge in [0, 0.05) is 38.3 Å². The van der Waals surface area contributed by atoms with Gasteiger partial charge in [-0.2, -0.15) is 0 Å². The van der Waals surface area contributed by atoms with E-state index in [1.165, 1.54) is 38.9 Å². The van der Waals surface area contributed by atoms with E-state index < -0.39 is 0 Å². The Morgan fingerprint density at radius 2 is 1.91 bits per heavy atom. The maximum absolute atomic E-state index is 4.77. The van der Waals surface area contributed by atoms with Crippen LogP contribution in [0.3, 0.4) is 0 Å². The van der Waals surface area contributed by atoms with E-state index in [2.05, 4.69) is 55.1 Å². The zero-order valence-corrected chi connectivity index (χ0v) is 16.1. The molecule has 0 saturated carbocycles. The van der Waals surface area contributed by atoms with Crippen molar-refractivity contribution in [3.05, 3.63) is 0 Å². The molecule has 5 nitrogen and oxygen atoms in total. The Kier molecular flexibility index (Phi) is 10.3. The Balaban J connectivity index is 2.40. The molecule has 23 heavy (non-hydrogen) atoms. The lowest BCUT2D eigenvalue weighted by molar-refractivity contribution is 0.206. The van der Waals surface area contributed by atoms with Crippen LogP contribution in [0.15, 0.2) is 4.99 Å². The number of likely N-dealkylation sites (N-methyl/N-ethyl adjacent to an activating group) is 1. The van der Waals surface area contributed by atoms with Crippen molar-refractivity contribution < 1.29 is 0 Å². The maximum atomic E-state index is 4.77. The third-order valence-electron chi connectivity index (χ3n) is 4.61. The van der Waals surface area contributed by atoms with Crippen molar-refractivity contribution in [2.45, 2.75) is 66.0 Å². The standard InChI is InChI=1S/C18H39N5/c1-6-12-22-13-9-17(10-14-22)21-18(19-7-2)20-11-15-23(8-3)16(4)5/h16-17H,6-15H2,1-5H3,(H2,19,20,21). The van der Waals surface area contributed by atoms with Crippen LogP contribution < -0.4 is 10.6 Å². The van der Waals surface area contributed by atoms with Gasteiger partial charge < -0.3 is 15.5 Å². The number of hydrogen-bond donors (Lipinski definition) is 2. The fourth-order valence-electron chi connectivity index (χ4n) is 3.20. The molecule has 1 heterocycles. The summed E-state index contributed by atoms with van der Waals surface area (Å²) < 4.78 is 0. The molecule has 0 atom stereocenters. The number of nitrogens with one attached hydrogen (secondary N) is 2. The number of hydrogen-bond acceptors (Lipinski definition) is 3. The average molecular weight is 326 g/mol. The van der Waals surface area contributed by atoms with Gasteiger partial charge in [-0.1, -0.05) is 13.8 Å². The molecule has 0 amide bonds. The molecule has 1 fully saturated rings. The summed E-state index contributed by atoms with van der Waals surface area (Å²) in [6, 6.07) is 1.15. The lowest BCUT2D eigenvalue weighted by Crippen LogP contribution is -2.49. The normalized spacial score (nSPS) is 18.0. The van der Waals surface area contributed by atoms with Gasteiger partial charge >= 0.3 is 0 Å². The van der Waals surface area contributed by atoms with Gasteiger partial charge in [0.15, 0.2) is 5.96 Å². The second-order valence-electron chi connectivity index (χ2n) is 6.74. The number of guanidine groups is 1. The second kappa shape index (κ2) is 11.7. The molecule has 1 saturated heterocycles. The molecule has 0 spiro atoms. The Labute approximate surface area is 143 Å². The molecule has 0 aromatic carbocycles. The third kappa shape index (κ3) is 8.02. The molecule has 0 aliphatic carbocycles. The van der Waals surface area contributed by atoms with Crippen LogP contribution in [0.2, 0.25) is 0 Å². The molecule has 1 aliphatic heterocycles. The summed E-state index contributed by atoms with van der Waals surface area (Å²) in [5.41, 5.74) is 0. The van der Waals surface area contributed by atoms with Crippen LogP contribution in [0.1, 0.15) is 53.9 Å². The minimum atomic E-state index is 0.563. The summed E-state index contributed by atoms with van der Waals surface area (Å²) in [4.78, 5) is 9.80. The van der Waals surface area contributed by atoms with E-state index in [4.69, 9.17) is 4.99 Å². The molecular weight excluding hydrogens is 286 g/mol. The van der Waals surface area contributed by atoms with Crippen LogP contribution in [0.25, 0.3) is 0 Å². The Bertz CT molecular complexity index is 321. The molecule has 1 rings (SSSR count). The van der Waals surface area contributed by atoms with Crippen molar-refractivity contribution >= 4 is 5.96 Å². The minimum absolute atomic E-state index is 0.563. The van der Waals surface area contributed by atoms with Gasteiger partial charge in [0.2, 0.25) is 0 Å². The van der Waals surface area contributed by atoms with E-state index in [9.17, 15) is 0 Å². The largest absolute Gasteiger partial charge is 0.357 e. The van der Waals surface area contributed by atoms with Crippen LogP contribution in [0.5, 0.6) is 0 Å². The highest BCUT2D eigenvalue weighted by atomic mass is 15.2. The maximum Gasteiger partial charge on any atom is 0.191 e. The first kappa shape index (κ1) is 20.2. The van der Waals surface area contributed by atoms with Crippen molar-refractivity contribution in [2.75, 3.05) is 45.8 Å². The van der Waals surface area contributed by atoms with Crippen LogP contribution in [-0.2, 0) is 0 Å². The first-order chi connectivity index (χ1) is 11.1. The van der Waals surface area contributed by atoms with Gasteiger partial charge in [-0.3, -0.25) is 9.89 Å². The predicted octanol–water partition coefficient (Wildman–Crippen LogP) is 2.15. The van der Waals surface area contributed by atoms with Gasteiger partial charge in [0.25, 0.3) is 0 Å². The zero-order chi connectivity index (χ0) is 17.1. The quantitative estimate of drug-likeness (QED) is 0.503. The fourth-order valence-corrected chi connectivity index (χ4v) is 3.20. The van der Waals surface area contributed by atoms with E-state index in [-0.39, 0.29) is 0 Å². The fraction of sp³-hybridized carbons (Fsp3) is 0.944. The van der Waals surface area contributed by atoms with Crippen molar-refractivity contribution in [1.29, 1.82) is 0 Å². The third-order valence-corrected chi connectivity index (χ3v) is 4.61. The van der Waals surface area contributed by atoms with E-state index in [0.717, 1.165) is 32.1 Å². The summed E-state index contributed by atoms with van der Waals surface area (Å²) in [6.07, 6.45) is 3.70. The van der Waals surface area contributed by atoms with Crippen LogP contribution in [-0.4, -0.2) is 73.7 Å². The molecule has 0 bridgehead atoms. The molecule has 0 aromatic rings. The Morgan fingerprint density at radius 3 is 2.43 bits per heavy atom. The smallest absolute Gasteiger partial charge is 0.191 e. The number of rotatable bonds is 9. The highest BCUT2D eigenvalue weighted by molar-refractivity contribution is 5.80.